The SMILES string of the molecule is COc1ccc(C2CC(C)N(C(=O)CCCn3c(=O)[nH][nH]c3=O)C2)cc1. The molecule has 8 nitrogen and oxygen atoms in total. The van der Waals surface area contributed by atoms with E-state index in [1.54, 1.807) is 7.11 Å². The first kappa shape index (κ1) is 18.0. The lowest BCUT2D eigenvalue weighted by Crippen LogP contribution is -2.34. The number of rotatable bonds is 6. The van der Waals surface area contributed by atoms with Crippen LogP contribution in [0.1, 0.15) is 37.7 Å². The van der Waals surface area contributed by atoms with E-state index in [9.17, 15) is 14.4 Å². The second-order valence-corrected chi connectivity index (χ2v) is 6.72. The number of H-pyrrole nitrogens is 2. The Kier molecular flexibility index (Phi) is 5.29. The molecule has 1 fully saturated rings. The van der Waals surface area contributed by atoms with Gasteiger partial charge in [0.1, 0.15) is 5.75 Å². The third-order valence-electron chi connectivity index (χ3n) is 5.02. The number of hydrogen-bond donors (Lipinski definition) is 2. The van der Waals surface area contributed by atoms with Crippen LogP contribution < -0.4 is 16.1 Å². The van der Waals surface area contributed by atoms with Crippen LogP contribution in [0.4, 0.5) is 0 Å². The largest absolute Gasteiger partial charge is 0.497 e. The Balaban J connectivity index is 1.56. The van der Waals surface area contributed by atoms with Crippen LogP contribution in [0.15, 0.2) is 33.9 Å². The van der Waals surface area contributed by atoms with Crippen molar-refractivity contribution >= 4 is 5.91 Å². The smallest absolute Gasteiger partial charge is 0.344 e. The molecule has 2 heterocycles. The number of nitrogens with zero attached hydrogens (tertiary/aromatic N) is 2. The minimum atomic E-state index is -0.475. The van der Waals surface area contributed by atoms with Gasteiger partial charge in [-0.25, -0.2) is 24.4 Å². The second-order valence-electron chi connectivity index (χ2n) is 6.72. The summed E-state index contributed by atoms with van der Waals surface area (Å²) in [4.78, 5) is 37.3. The predicted molar refractivity (Wildman–Crippen MR) is 96.4 cm³/mol. The van der Waals surface area contributed by atoms with E-state index in [1.165, 1.54) is 5.56 Å². The lowest BCUT2D eigenvalue weighted by atomic mass is 9.97. The summed E-state index contributed by atoms with van der Waals surface area (Å²) in [5.74, 6) is 1.20. The third kappa shape index (κ3) is 3.74. The molecule has 0 saturated carbocycles. The average molecular weight is 360 g/mol. The van der Waals surface area contributed by atoms with Crippen molar-refractivity contribution in [2.24, 2.45) is 0 Å². The fourth-order valence-corrected chi connectivity index (χ4v) is 3.57. The fraction of sp³-hybridized carbons (Fsp3) is 0.500. The lowest BCUT2D eigenvalue weighted by Gasteiger charge is -2.21. The minimum Gasteiger partial charge on any atom is -0.497 e. The summed E-state index contributed by atoms with van der Waals surface area (Å²) in [5, 5.41) is 4.47. The van der Waals surface area contributed by atoms with Crippen molar-refractivity contribution in [3.05, 3.63) is 50.8 Å². The van der Waals surface area contributed by atoms with Crippen LogP contribution in [0.25, 0.3) is 0 Å². The van der Waals surface area contributed by atoms with Crippen LogP contribution in [0.5, 0.6) is 5.75 Å². The molecule has 0 bridgehead atoms. The molecular formula is C18H24N4O4. The van der Waals surface area contributed by atoms with Crippen LogP contribution in [-0.2, 0) is 11.3 Å². The monoisotopic (exact) mass is 360 g/mol. The van der Waals surface area contributed by atoms with E-state index in [0.717, 1.165) is 16.7 Å². The van der Waals surface area contributed by atoms with E-state index >= 15 is 0 Å². The maximum atomic E-state index is 12.6. The van der Waals surface area contributed by atoms with Crippen LogP contribution in [-0.4, -0.2) is 45.3 Å². The van der Waals surface area contributed by atoms with E-state index in [0.29, 0.717) is 25.3 Å². The molecule has 1 saturated heterocycles. The molecule has 1 amide bonds. The van der Waals surface area contributed by atoms with Crippen molar-refractivity contribution in [1.29, 1.82) is 0 Å². The van der Waals surface area contributed by atoms with Gasteiger partial charge in [-0.3, -0.25) is 4.79 Å². The summed E-state index contributed by atoms with van der Waals surface area (Å²) >= 11 is 0. The predicted octanol–water partition coefficient (Wildman–Crippen LogP) is 1.06. The number of ether oxygens (including phenoxy) is 1. The van der Waals surface area contributed by atoms with Gasteiger partial charge in [0.15, 0.2) is 0 Å². The van der Waals surface area contributed by atoms with Gasteiger partial charge in [-0.15, -0.1) is 0 Å². The summed E-state index contributed by atoms with van der Waals surface area (Å²) in [7, 11) is 1.64. The zero-order valence-electron chi connectivity index (χ0n) is 15.0. The van der Waals surface area contributed by atoms with Gasteiger partial charge in [0, 0.05) is 31.5 Å². The number of aromatic amines is 2. The first-order valence-electron chi connectivity index (χ1n) is 8.80. The fourth-order valence-electron chi connectivity index (χ4n) is 3.57. The van der Waals surface area contributed by atoms with Gasteiger partial charge in [-0.2, -0.15) is 0 Å². The van der Waals surface area contributed by atoms with Gasteiger partial charge in [-0.05, 0) is 37.5 Å². The number of likely N-dealkylation sites (tertiary alicyclic amines) is 1. The van der Waals surface area contributed by atoms with Gasteiger partial charge in [0.05, 0.1) is 7.11 Å². The molecule has 0 radical (unpaired) electrons. The van der Waals surface area contributed by atoms with Gasteiger partial charge < -0.3 is 9.64 Å². The molecule has 2 N–H and O–H groups in total. The Hall–Kier alpha value is -2.77. The summed E-state index contributed by atoms with van der Waals surface area (Å²) in [6.07, 6.45) is 1.70. The lowest BCUT2D eigenvalue weighted by molar-refractivity contribution is -0.131. The molecule has 2 unspecified atom stereocenters. The standard InChI is InChI=1S/C18H24N4O4/c1-12-10-14(13-5-7-15(26-2)8-6-13)11-22(12)16(23)4-3-9-21-17(24)19-20-18(21)25/h5-8,12,14H,3-4,9-11H2,1-2H3,(H,19,24)(H,20,25). The van der Waals surface area contributed by atoms with Crippen LogP contribution in [0.2, 0.25) is 0 Å². The maximum Gasteiger partial charge on any atom is 0.344 e. The average Bonchev–Trinajstić information content (AvgIpc) is 3.18. The van der Waals surface area contributed by atoms with Crippen molar-refractivity contribution < 1.29 is 9.53 Å². The molecule has 1 aromatic carbocycles. The highest BCUT2D eigenvalue weighted by molar-refractivity contribution is 5.77. The van der Waals surface area contributed by atoms with E-state index in [1.807, 2.05) is 17.0 Å². The highest BCUT2D eigenvalue weighted by Crippen LogP contribution is 2.32. The second kappa shape index (κ2) is 7.63. The Morgan fingerprint density at radius 3 is 2.46 bits per heavy atom. The van der Waals surface area contributed by atoms with E-state index < -0.39 is 11.4 Å². The molecule has 2 aromatic rings. The molecule has 140 valence electrons. The van der Waals surface area contributed by atoms with E-state index in [-0.39, 0.29) is 18.5 Å². The van der Waals surface area contributed by atoms with Crippen LogP contribution >= 0.6 is 0 Å². The van der Waals surface area contributed by atoms with Crippen LogP contribution in [0.3, 0.4) is 0 Å². The number of methoxy groups -OCH3 is 1. The molecule has 0 aliphatic carbocycles. The number of hydrogen-bond acceptors (Lipinski definition) is 4. The Morgan fingerprint density at radius 2 is 1.85 bits per heavy atom. The number of carbonyl (C=O) groups excluding carboxylic acids is 1. The zero-order valence-corrected chi connectivity index (χ0v) is 15.0. The first-order valence-corrected chi connectivity index (χ1v) is 8.80. The number of nitrogens with one attached hydrogen (secondary N) is 2. The summed E-state index contributed by atoms with van der Waals surface area (Å²) in [6.45, 7) is 2.98. The molecule has 1 aromatic heterocycles. The van der Waals surface area contributed by atoms with Crippen LogP contribution in [0, 0.1) is 0 Å². The number of carbonyl (C=O) groups is 1. The van der Waals surface area contributed by atoms with Gasteiger partial charge >= 0.3 is 11.4 Å². The number of benzene rings is 1. The molecule has 2 atom stereocenters. The maximum absolute atomic E-state index is 12.6. The summed E-state index contributed by atoms with van der Waals surface area (Å²) < 4.78 is 6.26. The molecule has 0 spiro atoms. The van der Waals surface area contributed by atoms with Crippen molar-refractivity contribution in [3.63, 3.8) is 0 Å². The summed E-state index contributed by atoms with van der Waals surface area (Å²) in [6, 6.07) is 8.16. The van der Waals surface area contributed by atoms with E-state index in [2.05, 4.69) is 29.3 Å². The molecule has 26 heavy (non-hydrogen) atoms. The Labute approximate surface area is 150 Å². The first-order chi connectivity index (χ1) is 12.5. The molecule has 8 heteroatoms. The van der Waals surface area contributed by atoms with Gasteiger partial charge in [0.25, 0.3) is 0 Å². The quantitative estimate of drug-likeness (QED) is 0.804. The highest BCUT2D eigenvalue weighted by Gasteiger charge is 2.32. The minimum absolute atomic E-state index is 0.0634. The molecule has 1 aliphatic heterocycles. The van der Waals surface area contributed by atoms with Crippen molar-refractivity contribution in [2.75, 3.05) is 13.7 Å². The van der Waals surface area contributed by atoms with Gasteiger partial charge in [-0.1, -0.05) is 12.1 Å². The molecular weight excluding hydrogens is 336 g/mol. The van der Waals surface area contributed by atoms with Crippen molar-refractivity contribution in [1.82, 2.24) is 19.7 Å². The Bertz CT molecular complexity index is 837. The number of amides is 1. The Morgan fingerprint density at radius 1 is 1.19 bits per heavy atom. The topological polar surface area (TPSA) is 100 Å². The normalized spacial score (nSPS) is 19.7. The van der Waals surface area contributed by atoms with E-state index in [4.69, 9.17) is 4.74 Å². The third-order valence-corrected chi connectivity index (χ3v) is 5.02. The zero-order chi connectivity index (χ0) is 18.7. The highest BCUT2D eigenvalue weighted by atomic mass is 16.5. The molecule has 3 rings (SSSR count). The van der Waals surface area contributed by atoms with Crippen molar-refractivity contribution in [2.45, 2.75) is 44.7 Å². The molecule has 1 aliphatic rings. The summed E-state index contributed by atoms with van der Waals surface area (Å²) in [5.41, 5.74) is 0.256. The van der Waals surface area contributed by atoms with Gasteiger partial charge in [0.2, 0.25) is 5.91 Å². The van der Waals surface area contributed by atoms with Crippen molar-refractivity contribution in [3.8, 4) is 5.75 Å². The number of aromatic nitrogens is 3.